The number of para-hydroxylation sites is 1. The predicted molar refractivity (Wildman–Crippen MR) is 116 cm³/mol. The van der Waals surface area contributed by atoms with Crippen LogP contribution in [0.5, 0.6) is 0 Å². The lowest BCUT2D eigenvalue weighted by Crippen LogP contribution is -2.52. The molecule has 7 heteroatoms. The zero-order valence-corrected chi connectivity index (χ0v) is 17.3. The Hall–Kier alpha value is -3.19. The van der Waals surface area contributed by atoms with Gasteiger partial charge in [-0.25, -0.2) is 9.78 Å². The lowest BCUT2D eigenvalue weighted by Gasteiger charge is -2.38. The molecule has 30 heavy (non-hydrogen) atoms. The zero-order valence-electron chi connectivity index (χ0n) is 17.3. The van der Waals surface area contributed by atoms with Gasteiger partial charge in [0.05, 0.1) is 18.2 Å². The predicted octanol–water partition coefficient (Wildman–Crippen LogP) is 3.13. The molecule has 7 nitrogen and oxygen atoms in total. The first-order chi connectivity index (χ1) is 14.6. The van der Waals surface area contributed by atoms with E-state index in [-0.39, 0.29) is 17.8 Å². The number of nitrogens with one attached hydrogen (secondary N) is 1. The molecule has 1 N–H and O–H groups in total. The smallest absolute Gasteiger partial charge is 0.339 e. The molecule has 1 saturated heterocycles. The Balaban J connectivity index is 1.38. The molecule has 2 aromatic heterocycles. The molecule has 3 heterocycles. The largest absolute Gasteiger partial charge is 0.462 e. The summed E-state index contributed by atoms with van der Waals surface area (Å²) in [6.07, 6.45) is 3.37. The number of fused-ring (bicyclic) bond motifs is 1. The van der Waals surface area contributed by atoms with Gasteiger partial charge in [0.15, 0.2) is 5.78 Å². The van der Waals surface area contributed by atoms with E-state index >= 15 is 0 Å². The van der Waals surface area contributed by atoms with Gasteiger partial charge in [-0.2, -0.15) is 0 Å². The highest BCUT2D eigenvalue weighted by Gasteiger charge is 2.28. The summed E-state index contributed by atoms with van der Waals surface area (Å²) in [5.74, 6) is 0.613. The van der Waals surface area contributed by atoms with E-state index in [0.717, 1.165) is 48.5 Å². The number of ketones is 1. The van der Waals surface area contributed by atoms with E-state index in [0.29, 0.717) is 12.2 Å². The van der Waals surface area contributed by atoms with Gasteiger partial charge in [-0.3, -0.25) is 9.69 Å². The average Bonchev–Trinajstić information content (AvgIpc) is 3.23. The first-order valence-electron chi connectivity index (χ1n) is 10.3. The second kappa shape index (κ2) is 8.67. The SMILES string of the molecule is CCOC(=O)c1ccc(N2CCN(C(C)C(=O)c3c[nH]c4ccccc34)CC2)nc1. The number of rotatable bonds is 6. The van der Waals surface area contributed by atoms with Crippen molar-refractivity contribution in [2.24, 2.45) is 0 Å². The number of carbonyl (C=O) groups is 2. The zero-order chi connectivity index (χ0) is 21.1. The van der Waals surface area contributed by atoms with Crippen LogP contribution in [0.4, 0.5) is 5.82 Å². The molecule has 0 aliphatic carbocycles. The van der Waals surface area contributed by atoms with Crippen LogP contribution in [-0.2, 0) is 4.74 Å². The third kappa shape index (κ3) is 3.93. The first kappa shape index (κ1) is 20.1. The average molecular weight is 406 g/mol. The molecule has 156 valence electrons. The van der Waals surface area contributed by atoms with Gasteiger partial charge in [0.1, 0.15) is 5.82 Å². The van der Waals surface area contributed by atoms with Crippen molar-refractivity contribution in [3.63, 3.8) is 0 Å². The summed E-state index contributed by atoms with van der Waals surface area (Å²) in [6, 6.07) is 11.3. The van der Waals surface area contributed by atoms with Crippen LogP contribution in [0.25, 0.3) is 10.9 Å². The van der Waals surface area contributed by atoms with Gasteiger partial charge < -0.3 is 14.6 Å². The van der Waals surface area contributed by atoms with Gasteiger partial charge in [-0.1, -0.05) is 18.2 Å². The summed E-state index contributed by atoms with van der Waals surface area (Å²) in [4.78, 5) is 36.9. The topological polar surface area (TPSA) is 78.5 Å². The summed E-state index contributed by atoms with van der Waals surface area (Å²) < 4.78 is 5.00. The van der Waals surface area contributed by atoms with E-state index in [1.165, 1.54) is 0 Å². The molecule has 3 aromatic rings. The maximum atomic E-state index is 13.1. The van der Waals surface area contributed by atoms with E-state index in [4.69, 9.17) is 4.74 Å². The fraction of sp³-hybridized carbons (Fsp3) is 0.348. The van der Waals surface area contributed by atoms with Crippen molar-refractivity contribution in [1.82, 2.24) is 14.9 Å². The van der Waals surface area contributed by atoms with Crippen LogP contribution in [0.1, 0.15) is 34.6 Å². The van der Waals surface area contributed by atoms with Gasteiger partial charge in [0.25, 0.3) is 0 Å². The Morgan fingerprint density at radius 3 is 2.60 bits per heavy atom. The number of ether oxygens (including phenoxy) is 1. The monoisotopic (exact) mass is 406 g/mol. The van der Waals surface area contributed by atoms with E-state index in [2.05, 4.69) is 19.8 Å². The van der Waals surface area contributed by atoms with Crippen molar-refractivity contribution in [3.8, 4) is 0 Å². The van der Waals surface area contributed by atoms with E-state index in [9.17, 15) is 9.59 Å². The lowest BCUT2D eigenvalue weighted by molar-refractivity contribution is 0.0525. The standard InChI is InChI=1S/C23H26N4O3/c1-3-30-23(29)17-8-9-21(25-14-17)27-12-10-26(11-13-27)16(2)22(28)19-15-24-20-7-5-4-6-18(19)20/h4-9,14-16,24H,3,10-13H2,1-2H3. The molecular weight excluding hydrogens is 380 g/mol. The quantitative estimate of drug-likeness (QED) is 0.501. The Labute approximate surface area is 175 Å². The number of nitrogens with zero attached hydrogens (tertiary/aromatic N) is 3. The number of piperazine rings is 1. The normalized spacial score (nSPS) is 15.9. The Kier molecular flexibility index (Phi) is 5.81. The molecule has 1 unspecified atom stereocenters. The molecule has 1 aromatic carbocycles. The highest BCUT2D eigenvalue weighted by atomic mass is 16.5. The Morgan fingerprint density at radius 1 is 1.13 bits per heavy atom. The minimum Gasteiger partial charge on any atom is -0.462 e. The molecule has 0 saturated carbocycles. The number of anilines is 1. The van der Waals surface area contributed by atoms with Crippen LogP contribution in [0.2, 0.25) is 0 Å². The number of aromatic nitrogens is 2. The second-order valence-electron chi connectivity index (χ2n) is 7.44. The molecule has 1 aliphatic heterocycles. The number of aromatic amines is 1. The van der Waals surface area contributed by atoms with Crippen molar-refractivity contribution in [1.29, 1.82) is 0 Å². The highest BCUT2D eigenvalue weighted by molar-refractivity contribution is 6.10. The summed E-state index contributed by atoms with van der Waals surface area (Å²) >= 11 is 0. The molecule has 0 bridgehead atoms. The van der Waals surface area contributed by atoms with Crippen molar-refractivity contribution in [3.05, 3.63) is 59.9 Å². The molecule has 0 spiro atoms. The number of esters is 1. The number of hydrogen-bond donors (Lipinski definition) is 1. The van der Waals surface area contributed by atoms with Gasteiger partial charge >= 0.3 is 5.97 Å². The van der Waals surface area contributed by atoms with Crippen LogP contribution in [-0.4, -0.2) is 65.4 Å². The maximum absolute atomic E-state index is 13.1. The second-order valence-corrected chi connectivity index (χ2v) is 7.44. The number of hydrogen-bond acceptors (Lipinski definition) is 6. The van der Waals surface area contributed by atoms with Gasteiger partial charge in [0.2, 0.25) is 0 Å². The lowest BCUT2D eigenvalue weighted by atomic mass is 10.0. The molecule has 1 fully saturated rings. The van der Waals surface area contributed by atoms with Crippen LogP contribution in [0, 0.1) is 0 Å². The number of pyridine rings is 1. The molecule has 0 amide bonds. The number of benzene rings is 1. The minimum absolute atomic E-state index is 0.137. The maximum Gasteiger partial charge on any atom is 0.339 e. The van der Waals surface area contributed by atoms with Crippen molar-refractivity contribution >= 4 is 28.5 Å². The highest BCUT2D eigenvalue weighted by Crippen LogP contribution is 2.22. The fourth-order valence-electron chi connectivity index (χ4n) is 3.91. The van der Waals surface area contributed by atoms with E-state index in [1.54, 1.807) is 19.2 Å². The van der Waals surface area contributed by atoms with E-state index in [1.807, 2.05) is 43.5 Å². The Morgan fingerprint density at radius 2 is 1.90 bits per heavy atom. The van der Waals surface area contributed by atoms with Gasteiger partial charge in [-0.05, 0) is 32.0 Å². The van der Waals surface area contributed by atoms with Gasteiger partial charge in [0, 0.05) is 55.0 Å². The van der Waals surface area contributed by atoms with Crippen molar-refractivity contribution < 1.29 is 14.3 Å². The molecule has 1 aliphatic rings. The van der Waals surface area contributed by atoms with Crippen LogP contribution in [0.15, 0.2) is 48.8 Å². The van der Waals surface area contributed by atoms with E-state index < -0.39 is 0 Å². The molecule has 1 atom stereocenters. The number of carbonyl (C=O) groups excluding carboxylic acids is 2. The third-order valence-corrected chi connectivity index (χ3v) is 5.68. The van der Waals surface area contributed by atoms with Crippen LogP contribution in [0.3, 0.4) is 0 Å². The van der Waals surface area contributed by atoms with Crippen molar-refractivity contribution in [2.45, 2.75) is 19.9 Å². The van der Waals surface area contributed by atoms with Crippen molar-refractivity contribution in [2.75, 3.05) is 37.7 Å². The summed E-state index contributed by atoms with van der Waals surface area (Å²) in [5, 5.41) is 0.971. The molecule has 0 radical (unpaired) electrons. The minimum atomic E-state index is -0.356. The first-order valence-corrected chi connectivity index (χ1v) is 10.3. The van der Waals surface area contributed by atoms with Gasteiger partial charge in [-0.15, -0.1) is 0 Å². The molecular formula is C23H26N4O3. The summed E-state index contributed by atoms with van der Waals surface area (Å²) in [5.41, 5.74) is 2.18. The van der Waals surface area contributed by atoms with Crippen LogP contribution >= 0.6 is 0 Å². The molecule has 4 rings (SSSR count). The number of H-pyrrole nitrogens is 1. The van der Waals surface area contributed by atoms with Crippen LogP contribution < -0.4 is 4.90 Å². The Bertz CT molecular complexity index is 1040. The fourth-order valence-corrected chi connectivity index (χ4v) is 3.91. The number of Topliss-reactive ketones (excluding diaryl/α,β-unsaturated/α-hetero) is 1. The third-order valence-electron chi connectivity index (χ3n) is 5.68. The summed E-state index contributed by atoms with van der Waals surface area (Å²) in [7, 11) is 0. The summed E-state index contributed by atoms with van der Waals surface area (Å²) in [6.45, 7) is 7.20.